The van der Waals surface area contributed by atoms with E-state index in [1.807, 2.05) is 26.0 Å². The van der Waals surface area contributed by atoms with E-state index in [4.69, 9.17) is 0 Å². The summed E-state index contributed by atoms with van der Waals surface area (Å²) < 4.78 is 0. The molecule has 0 fully saturated rings. The van der Waals surface area contributed by atoms with E-state index >= 15 is 0 Å². The van der Waals surface area contributed by atoms with E-state index in [9.17, 15) is 9.59 Å². The van der Waals surface area contributed by atoms with Crippen LogP contribution in [-0.4, -0.2) is 18.7 Å². The second-order valence-corrected chi connectivity index (χ2v) is 3.86. The molecule has 1 aliphatic heterocycles. The van der Waals surface area contributed by atoms with Crippen molar-refractivity contribution in [3.8, 4) is 0 Å². The van der Waals surface area contributed by atoms with Crippen molar-refractivity contribution in [1.29, 1.82) is 0 Å². The highest BCUT2D eigenvalue weighted by Crippen LogP contribution is 2.32. The van der Waals surface area contributed by atoms with E-state index in [2.05, 4.69) is 0 Å². The first-order chi connectivity index (χ1) is 7.06. The van der Waals surface area contributed by atoms with Gasteiger partial charge in [0.1, 0.15) is 0 Å². The van der Waals surface area contributed by atoms with Crippen LogP contribution in [0, 0.1) is 6.92 Å². The van der Waals surface area contributed by atoms with Crippen LogP contribution in [0.15, 0.2) is 12.1 Å². The molecule has 0 atom stereocenters. The van der Waals surface area contributed by atoms with Crippen LogP contribution in [0.2, 0.25) is 0 Å². The fourth-order valence-corrected chi connectivity index (χ4v) is 2.05. The molecule has 0 spiro atoms. The SMILES string of the molecule is CCc1cc(C)c2c(c1)C(=O)C(=O)N2C. The predicted molar refractivity (Wildman–Crippen MR) is 58.3 cm³/mol. The van der Waals surface area contributed by atoms with Crippen molar-refractivity contribution in [3.05, 3.63) is 28.8 Å². The minimum Gasteiger partial charge on any atom is -0.308 e. The van der Waals surface area contributed by atoms with Gasteiger partial charge in [-0.15, -0.1) is 0 Å². The summed E-state index contributed by atoms with van der Waals surface area (Å²) in [6, 6.07) is 3.85. The smallest absolute Gasteiger partial charge is 0.299 e. The Morgan fingerprint density at radius 1 is 1.27 bits per heavy atom. The van der Waals surface area contributed by atoms with E-state index in [-0.39, 0.29) is 5.78 Å². The lowest BCUT2D eigenvalue weighted by atomic mass is 10.0. The van der Waals surface area contributed by atoms with Crippen molar-refractivity contribution in [2.45, 2.75) is 20.3 Å². The molecule has 1 amide bonds. The summed E-state index contributed by atoms with van der Waals surface area (Å²) in [6.45, 7) is 3.96. The third kappa shape index (κ3) is 1.27. The van der Waals surface area contributed by atoms with Crippen molar-refractivity contribution in [2.24, 2.45) is 0 Å². The average Bonchev–Trinajstić information content (AvgIpc) is 2.44. The second kappa shape index (κ2) is 3.19. The lowest BCUT2D eigenvalue weighted by Crippen LogP contribution is -2.25. The molecule has 0 N–H and O–H groups in total. The Hall–Kier alpha value is -1.64. The number of Topliss-reactive ketones (excluding diaryl/α,β-unsaturated/α-hetero) is 1. The molecule has 1 aromatic carbocycles. The van der Waals surface area contributed by atoms with E-state index < -0.39 is 5.91 Å². The number of carbonyl (C=O) groups is 2. The molecule has 2 rings (SSSR count). The summed E-state index contributed by atoms with van der Waals surface area (Å²) in [5, 5.41) is 0. The maximum atomic E-state index is 11.6. The quantitative estimate of drug-likeness (QED) is 0.652. The monoisotopic (exact) mass is 203 g/mol. The van der Waals surface area contributed by atoms with E-state index in [0.29, 0.717) is 5.56 Å². The van der Waals surface area contributed by atoms with Crippen molar-refractivity contribution >= 4 is 17.4 Å². The Morgan fingerprint density at radius 2 is 1.93 bits per heavy atom. The number of hydrogen-bond donors (Lipinski definition) is 0. The zero-order valence-electron chi connectivity index (χ0n) is 9.13. The predicted octanol–water partition coefficient (Wildman–Crippen LogP) is 1.72. The zero-order valence-corrected chi connectivity index (χ0v) is 9.13. The summed E-state index contributed by atoms with van der Waals surface area (Å²) in [5.41, 5.74) is 3.41. The zero-order chi connectivity index (χ0) is 11.2. The number of rotatable bonds is 1. The lowest BCUT2D eigenvalue weighted by Gasteiger charge is -2.12. The molecule has 0 aromatic heterocycles. The molecule has 1 heterocycles. The Labute approximate surface area is 88.7 Å². The first-order valence-corrected chi connectivity index (χ1v) is 5.02. The first kappa shape index (κ1) is 9.90. The molecule has 1 aromatic rings. The third-order valence-electron chi connectivity index (χ3n) is 2.85. The largest absolute Gasteiger partial charge is 0.308 e. The summed E-state index contributed by atoms with van der Waals surface area (Å²) in [4.78, 5) is 24.6. The first-order valence-electron chi connectivity index (χ1n) is 5.02. The summed E-state index contributed by atoms with van der Waals surface area (Å²) in [5.74, 6) is -0.813. The molecule has 1 aliphatic rings. The van der Waals surface area contributed by atoms with Gasteiger partial charge in [0.05, 0.1) is 11.3 Å². The molecule has 78 valence electrons. The van der Waals surface area contributed by atoms with E-state index in [1.54, 1.807) is 7.05 Å². The minimum atomic E-state index is -0.429. The number of benzene rings is 1. The van der Waals surface area contributed by atoms with Crippen LogP contribution >= 0.6 is 0 Å². The molecule has 3 nitrogen and oxygen atoms in total. The maximum absolute atomic E-state index is 11.6. The van der Waals surface area contributed by atoms with Gasteiger partial charge in [-0.25, -0.2) is 0 Å². The van der Waals surface area contributed by atoms with Crippen molar-refractivity contribution < 1.29 is 9.59 Å². The van der Waals surface area contributed by atoms with Crippen molar-refractivity contribution in [3.63, 3.8) is 0 Å². The van der Waals surface area contributed by atoms with Gasteiger partial charge in [-0.1, -0.05) is 13.0 Å². The van der Waals surface area contributed by atoms with Gasteiger partial charge in [0.15, 0.2) is 0 Å². The number of aryl methyl sites for hydroxylation is 2. The molecule has 0 unspecified atom stereocenters. The Balaban J connectivity index is 2.69. The van der Waals surface area contributed by atoms with Crippen molar-refractivity contribution in [1.82, 2.24) is 0 Å². The maximum Gasteiger partial charge on any atom is 0.299 e. The number of ketones is 1. The van der Waals surface area contributed by atoms with Crippen molar-refractivity contribution in [2.75, 3.05) is 11.9 Å². The number of carbonyl (C=O) groups excluding carboxylic acids is 2. The number of likely N-dealkylation sites (N-methyl/N-ethyl adjacent to an activating group) is 1. The summed E-state index contributed by atoms with van der Waals surface area (Å²) in [7, 11) is 1.64. The number of amides is 1. The Bertz CT molecular complexity index is 463. The molecule has 3 heteroatoms. The van der Waals surface area contributed by atoms with Gasteiger partial charge in [-0.3, -0.25) is 9.59 Å². The van der Waals surface area contributed by atoms with Gasteiger partial charge in [-0.05, 0) is 30.5 Å². The van der Waals surface area contributed by atoms with Crippen LogP contribution in [0.4, 0.5) is 5.69 Å². The van der Waals surface area contributed by atoms with Gasteiger partial charge < -0.3 is 4.90 Å². The highest BCUT2D eigenvalue weighted by molar-refractivity contribution is 6.52. The molecule has 0 saturated heterocycles. The van der Waals surface area contributed by atoms with Crippen LogP contribution in [-0.2, 0) is 11.2 Å². The summed E-state index contributed by atoms with van der Waals surface area (Å²) >= 11 is 0. The molecular weight excluding hydrogens is 190 g/mol. The summed E-state index contributed by atoms with van der Waals surface area (Å²) in [6.07, 6.45) is 0.874. The number of fused-ring (bicyclic) bond motifs is 1. The molecular formula is C12H13NO2. The molecule has 0 bridgehead atoms. The van der Waals surface area contributed by atoms with Gasteiger partial charge >= 0.3 is 0 Å². The topological polar surface area (TPSA) is 37.4 Å². The van der Waals surface area contributed by atoms with Gasteiger partial charge in [0.2, 0.25) is 0 Å². The van der Waals surface area contributed by atoms with Gasteiger partial charge in [-0.2, -0.15) is 0 Å². The third-order valence-corrected chi connectivity index (χ3v) is 2.85. The Morgan fingerprint density at radius 3 is 2.53 bits per heavy atom. The van der Waals surface area contributed by atoms with Crippen LogP contribution in [0.3, 0.4) is 0 Å². The van der Waals surface area contributed by atoms with Crippen LogP contribution in [0.25, 0.3) is 0 Å². The fraction of sp³-hybridized carbons (Fsp3) is 0.333. The van der Waals surface area contributed by atoms with Gasteiger partial charge in [0, 0.05) is 7.05 Å². The Kier molecular flexibility index (Phi) is 2.11. The van der Waals surface area contributed by atoms with Crippen LogP contribution in [0.1, 0.15) is 28.4 Å². The number of nitrogens with zero attached hydrogens (tertiary/aromatic N) is 1. The molecule has 0 aliphatic carbocycles. The van der Waals surface area contributed by atoms with Crippen LogP contribution < -0.4 is 4.90 Å². The minimum absolute atomic E-state index is 0.383. The van der Waals surface area contributed by atoms with Gasteiger partial charge in [0.25, 0.3) is 11.7 Å². The standard InChI is InChI=1S/C12H13NO2/c1-4-8-5-7(2)10-9(6-8)11(14)12(15)13(10)3/h5-6H,4H2,1-3H3. The normalized spacial score (nSPS) is 14.7. The van der Waals surface area contributed by atoms with Crippen LogP contribution in [0.5, 0.6) is 0 Å². The highest BCUT2D eigenvalue weighted by Gasteiger charge is 2.34. The van der Waals surface area contributed by atoms with E-state index in [0.717, 1.165) is 23.2 Å². The fourth-order valence-electron chi connectivity index (χ4n) is 2.05. The number of anilines is 1. The number of hydrogen-bond acceptors (Lipinski definition) is 2. The highest BCUT2D eigenvalue weighted by atomic mass is 16.2. The molecule has 15 heavy (non-hydrogen) atoms. The molecule has 0 radical (unpaired) electrons. The lowest BCUT2D eigenvalue weighted by molar-refractivity contribution is -0.114. The van der Waals surface area contributed by atoms with E-state index in [1.165, 1.54) is 4.90 Å². The molecule has 0 saturated carbocycles. The average molecular weight is 203 g/mol. The second-order valence-electron chi connectivity index (χ2n) is 3.86.